The van der Waals surface area contributed by atoms with Crippen molar-refractivity contribution in [1.82, 2.24) is 28.6 Å². The van der Waals surface area contributed by atoms with Crippen LogP contribution >= 0.6 is 0 Å². The molecule has 4 N–H and O–H groups in total. The average molecular weight is 1390 g/mol. The van der Waals surface area contributed by atoms with Gasteiger partial charge < -0.3 is 49.5 Å². The molecule has 0 saturated carbocycles. The van der Waals surface area contributed by atoms with Crippen LogP contribution in [0.1, 0.15) is 135 Å². The van der Waals surface area contributed by atoms with Gasteiger partial charge in [0.15, 0.2) is 17.1 Å². The van der Waals surface area contributed by atoms with E-state index in [0.29, 0.717) is 39.6 Å². The molecule has 6 aromatic heterocycles. The fourth-order valence-electron chi connectivity index (χ4n) is 8.84. The molecule has 0 spiro atoms. The van der Waals surface area contributed by atoms with E-state index >= 15 is 0 Å². The number of benzene rings is 2. The molecular weight excluding hydrogens is 1330 g/mol. The quantitative estimate of drug-likeness (QED) is 0.0294. The minimum atomic E-state index is -6.01. The fourth-order valence-corrected chi connectivity index (χ4v) is 12.0. The number of halogens is 3. The van der Waals surface area contributed by atoms with Crippen molar-refractivity contribution in [2.75, 3.05) is 0 Å². The summed E-state index contributed by atoms with van der Waals surface area (Å²) >= 11 is 0. The Hall–Kier alpha value is -8.11. The second-order valence-corrected chi connectivity index (χ2v) is 26.9. The summed E-state index contributed by atoms with van der Waals surface area (Å²) < 4.78 is 145. The Kier molecular flexibility index (Phi) is 21.2. The number of hydrogen-bond donors (Lipinski definition) is 4. The minimum Gasteiger partial charge on any atom is -0.476 e. The van der Waals surface area contributed by atoms with E-state index in [1.807, 2.05) is 13.0 Å². The molecule has 8 aromatic rings. The number of nitrogens with one attached hydrogen (secondary N) is 1. The Morgan fingerprint density at radius 2 is 1.15 bits per heavy atom. The molecule has 0 radical (unpaired) electrons. The van der Waals surface area contributed by atoms with Crippen LogP contribution in [-0.4, -0.2) is 111 Å². The van der Waals surface area contributed by atoms with Gasteiger partial charge in [0, 0.05) is 60.3 Å². The molecule has 0 saturated heterocycles. The molecule has 3 aliphatic carbocycles. The first-order valence-electron chi connectivity index (χ1n) is 26.0. The second kappa shape index (κ2) is 26.9. The Morgan fingerprint density at radius 1 is 0.663 bits per heavy atom. The number of allylic oxidation sites excluding steroid dienone is 2. The van der Waals surface area contributed by atoms with Crippen molar-refractivity contribution in [3.8, 4) is 0 Å². The van der Waals surface area contributed by atoms with Crippen molar-refractivity contribution in [1.29, 1.82) is 0 Å². The topological polar surface area (TPSA) is 346 Å². The van der Waals surface area contributed by atoms with Crippen LogP contribution in [0.25, 0.3) is 17.7 Å². The van der Waals surface area contributed by atoms with Gasteiger partial charge in [0.25, 0.3) is 20.0 Å². The van der Waals surface area contributed by atoms with Gasteiger partial charge in [-0.15, -0.1) is 10.2 Å². The van der Waals surface area contributed by atoms with Gasteiger partial charge in [-0.2, -0.15) is 51.7 Å². The van der Waals surface area contributed by atoms with Crippen LogP contribution in [0.4, 0.5) is 13.2 Å². The average Bonchev–Trinajstić information content (AvgIpc) is 1.62. The van der Waals surface area contributed by atoms with Gasteiger partial charge in [0.2, 0.25) is 0 Å². The van der Waals surface area contributed by atoms with E-state index in [-0.39, 0.29) is 60.3 Å². The maximum atomic E-state index is 13.3. The maximum absolute atomic E-state index is 13.3. The summed E-state index contributed by atoms with van der Waals surface area (Å²) in [6.07, 6.45) is 12.9. The Morgan fingerprint density at radius 3 is 1.57 bits per heavy atom. The van der Waals surface area contributed by atoms with Crippen LogP contribution in [0.5, 0.6) is 0 Å². The first-order valence-corrected chi connectivity index (χ1v) is 30.3. The number of aryl methyl sites for hydroxylation is 2. The molecule has 3 aliphatic rings. The third kappa shape index (κ3) is 16.0. The summed E-state index contributed by atoms with van der Waals surface area (Å²) in [5.74, 6) is -3.10. The Bertz CT molecular complexity index is 4260. The van der Waals surface area contributed by atoms with E-state index in [0.717, 1.165) is 55.7 Å². The number of aromatic nitrogens is 6. The largest absolute Gasteiger partial charge is 0.534 e. The van der Waals surface area contributed by atoms with Gasteiger partial charge in [-0.25, -0.2) is 14.4 Å². The third-order valence-electron chi connectivity index (χ3n) is 12.9. The van der Waals surface area contributed by atoms with Crippen LogP contribution in [0, 0.1) is 21.3 Å². The van der Waals surface area contributed by atoms with E-state index in [1.165, 1.54) is 55.0 Å². The molecule has 0 amide bonds. The van der Waals surface area contributed by atoms with Gasteiger partial charge in [0.05, 0.1) is 65.2 Å². The number of alkyl halides is 3. The molecule has 24 nitrogen and oxygen atoms in total. The fraction of sp³-hybridized carbons (Fsp3) is 0.281. The van der Waals surface area contributed by atoms with Crippen molar-refractivity contribution in [3.63, 3.8) is 0 Å². The summed E-state index contributed by atoms with van der Waals surface area (Å²) in [6.45, 7) is 13.5. The Balaban J connectivity index is 0.000000205. The van der Waals surface area contributed by atoms with Crippen LogP contribution in [-0.2, 0) is 89.9 Å². The van der Waals surface area contributed by atoms with E-state index in [4.69, 9.17) is 33.5 Å². The zero-order chi connectivity index (χ0) is 63.8. The van der Waals surface area contributed by atoms with Crippen molar-refractivity contribution < 1.29 is 115 Å². The number of ether oxygens (including phenoxy) is 2. The molecule has 2 aromatic carbocycles. The summed E-state index contributed by atoms with van der Waals surface area (Å²) in [4.78, 5) is 36.2. The zero-order valence-corrected chi connectivity index (χ0v) is 52.8. The van der Waals surface area contributed by atoms with Crippen LogP contribution in [0.3, 0.4) is 0 Å². The molecule has 1 unspecified atom stereocenters. The molecule has 6 heterocycles. The third-order valence-corrected chi connectivity index (χ3v) is 17.1. The predicted octanol–water partition coefficient (Wildman–Crippen LogP) is 8.21. The number of nitrogens with zero attached hydrogens (tertiary/aromatic N) is 5. The Labute approximate surface area is 523 Å². The number of carboxylic acid groups (broad SMARTS) is 1. The molecule has 0 fully saturated rings. The van der Waals surface area contributed by atoms with Gasteiger partial charge in [-0.3, -0.25) is 5.10 Å². The number of carbonyl (C=O) groups is 3. The summed E-state index contributed by atoms with van der Waals surface area (Å²) in [5, 5.41) is 40.4. The number of fused-ring (bicyclic) bond motifs is 3. The number of aromatic amines is 1. The van der Waals surface area contributed by atoms with E-state index in [1.54, 1.807) is 97.8 Å². The smallest absolute Gasteiger partial charge is 0.476 e. The van der Waals surface area contributed by atoms with Crippen LogP contribution < -0.4 is 5.46 Å². The van der Waals surface area contributed by atoms with Crippen molar-refractivity contribution >= 4 is 78.4 Å². The number of carboxylic acids is 1. The number of rotatable bonds is 12. The minimum absolute atomic E-state index is 0. The normalized spacial score (nSPS) is 14.2. The van der Waals surface area contributed by atoms with Gasteiger partial charge in [-0.05, 0) is 140 Å². The summed E-state index contributed by atoms with van der Waals surface area (Å²) in [6, 6.07) is 17.3. The number of carbonyl (C=O) groups excluding carboxylic acids is 2. The molecule has 89 heavy (non-hydrogen) atoms. The molecular formula is C57H59BF3N6O18PdS3-. The van der Waals surface area contributed by atoms with E-state index in [9.17, 15) is 52.8 Å². The van der Waals surface area contributed by atoms with Crippen LogP contribution in [0.15, 0.2) is 133 Å². The van der Waals surface area contributed by atoms with Crippen molar-refractivity contribution in [3.05, 3.63) is 191 Å². The number of hydrogen-bond acceptors (Lipinski definition) is 20. The number of H-pyrrole nitrogens is 1. The SMILES string of the molecule is Cc1ccc(S(=O)(=O)n2nc(C(=O)OC(C)(C)C)c3c2CC(OS(=O)(=O)C(F)(F)F)=C3)cc1.Cc1ccc(S(=O)(=O)n2nc(C(=O)OC(C)(C)C)c3c2CC(c2ccoc2)=C3)cc1.O=C(O)c1n[nH]c2c1CC(c1ccoc1)C2.OB(O)c1ccoc1.[CH3-].[Pd]. The van der Waals surface area contributed by atoms with Crippen molar-refractivity contribution in [2.45, 2.75) is 113 Å². The van der Waals surface area contributed by atoms with E-state index < -0.39 is 89.8 Å². The predicted molar refractivity (Wildman–Crippen MR) is 310 cm³/mol. The summed E-state index contributed by atoms with van der Waals surface area (Å²) in [5.41, 5.74) is -0.765. The molecule has 0 aliphatic heterocycles. The second-order valence-electron chi connectivity index (χ2n) is 21.8. The molecule has 32 heteroatoms. The van der Waals surface area contributed by atoms with Gasteiger partial charge in [0.1, 0.15) is 17.0 Å². The van der Waals surface area contributed by atoms with Gasteiger partial charge >= 0.3 is 40.7 Å². The van der Waals surface area contributed by atoms with E-state index in [2.05, 4.69) is 29.0 Å². The maximum Gasteiger partial charge on any atom is 0.534 e. The zero-order valence-electron chi connectivity index (χ0n) is 48.8. The van der Waals surface area contributed by atoms with Crippen LogP contribution in [0.2, 0.25) is 0 Å². The number of esters is 2. The first-order chi connectivity index (χ1) is 40.5. The summed E-state index contributed by atoms with van der Waals surface area (Å²) in [7, 11) is -15.8. The van der Waals surface area contributed by atoms with Gasteiger partial charge in [-0.1, -0.05) is 35.4 Å². The molecule has 478 valence electrons. The molecule has 0 bridgehead atoms. The monoisotopic (exact) mass is 1390 g/mol. The number of aromatic carboxylic acids is 1. The number of furan rings is 3. The molecule has 1 atom stereocenters. The standard InChI is InChI=1S/C22H22N2O5S.C19H19F3N2O7S2.C11H10N2O3.C4H5BO3.CH3.Pd/c1-14-5-7-17(8-6-14)30(26,27)24-19-12-16(15-9-10-28-13-15)11-18(19)20(23-24)21(25)29-22(2,3)4;1-11-5-7-13(8-6-11)32(26,27)24-15-10-12(31-33(28,29)19(20,21)22)9-14(15)16(23-24)17(25)30-18(2,3)4;14-11(15)10-8-3-7(4-9(8)12-13-10)6-1-2-16-5-6;6-5(7)4-1-2-8-3-4;;/h5-11,13H,12H2,1-4H3;5-9H,10H2,1-4H3;1-2,5,7H,3-4H2,(H,12,13)(H,14,15);1-3,6-7H;1H3;/q;;;;-1;. The molecule has 11 rings (SSSR count). The van der Waals surface area contributed by atoms with Crippen molar-refractivity contribution in [2.24, 2.45) is 0 Å². The first kappa shape index (κ1) is 70.0.